The van der Waals surface area contributed by atoms with Gasteiger partial charge in [0, 0.05) is 18.3 Å². The molecule has 12 nitrogen and oxygen atoms in total. The zero-order chi connectivity index (χ0) is 27.1. The lowest BCUT2D eigenvalue weighted by molar-refractivity contribution is -0.165. The van der Waals surface area contributed by atoms with Gasteiger partial charge in [-0.25, -0.2) is 4.79 Å². The van der Waals surface area contributed by atoms with Crippen LogP contribution in [-0.4, -0.2) is 73.4 Å². The fraction of sp³-hybridized carbons (Fsp3) is 0.667. The van der Waals surface area contributed by atoms with Crippen molar-refractivity contribution in [3.05, 3.63) is 29.8 Å². The van der Waals surface area contributed by atoms with Crippen molar-refractivity contribution < 1.29 is 52.2 Å². The van der Waals surface area contributed by atoms with Crippen LogP contribution in [0.1, 0.15) is 65.2 Å². The number of hydrogen-bond acceptors (Lipinski definition) is 12. The Morgan fingerprint density at radius 1 is 0.838 bits per heavy atom. The van der Waals surface area contributed by atoms with Gasteiger partial charge in [0.25, 0.3) is 0 Å². The van der Waals surface area contributed by atoms with E-state index in [1.54, 1.807) is 24.3 Å². The van der Waals surface area contributed by atoms with Crippen molar-refractivity contribution in [2.75, 3.05) is 13.7 Å². The number of methoxy groups -OCH3 is 1. The Morgan fingerprint density at radius 2 is 1.35 bits per heavy atom. The average Bonchev–Trinajstić information content (AvgIpc) is 2.72. The minimum atomic E-state index is -3.80. The highest BCUT2D eigenvalue weighted by atomic mass is 28.6. The van der Waals surface area contributed by atoms with Crippen LogP contribution in [0.5, 0.6) is 5.75 Å². The Balaban J connectivity index is 1.52. The summed E-state index contributed by atoms with van der Waals surface area (Å²) in [5.74, 6) is 0.207. The van der Waals surface area contributed by atoms with Gasteiger partial charge in [-0.1, -0.05) is 0 Å². The molecule has 0 radical (unpaired) electrons. The maximum atomic E-state index is 11.6. The van der Waals surface area contributed by atoms with E-state index in [0.29, 0.717) is 30.4 Å². The summed E-state index contributed by atoms with van der Waals surface area (Å²) >= 11 is 0. The minimum Gasteiger partial charge on any atom is -0.494 e. The molecule has 4 fully saturated rings. The second-order valence-corrected chi connectivity index (χ2v) is 20.8. The number of hydrogen-bond donors (Lipinski definition) is 0. The van der Waals surface area contributed by atoms with Gasteiger partial charge in [0.15, 0.2) is 0 Å². The average molecular weight is 593 g/mol. The SMILES string of the molecule is COC(=O)c1ccc(OCCC[Si]23O[Si]4(OC(C)C)O[Si](OC(C)C)(O2)O[Si](OC(C)(C)C)(O3)O4)cc1. The number of benzene rings is 1. The lowest BCUT2D eigenvalue weighted by atomic mass is 10.2. The molecule has 1 aromatic carbocycles. The van der Waals surface area contributed by atoms with Crippen LogP contribution in [-0.2, 0) is 42.7 Å². The second-order valence-electron chi connectivity index (χ2n) is 10.3. The van der Waals surface area contributed by atoms with Crippen LogP contribution in [0.25, 0.3) is 0 Å². The van der Waals surface area contributed by atoms with E-state index in [2.05, 4.69) is 0 Å². The van der Waals surface area contributed by atoms with Crippen LogP contribution in [0, 0.1) is 0 Å². The Hall–Kier alpha value is -1.00. The highest BCUT2D eigenvalue weighted by Gasteiger charge is 2.88. The van der Waals surface area contributed by atoms with Crippen LogP contribution in [0.15, 0.2) is 24.3 Å². The molecule has 0 N–H and O–H groups in total. The zero-order valence-corrected chi connectivity index (χ0v) is 26.5. The van der Waals surface area contributed by atoms with E-state index < -0.39 is 47.5 Å². The van der Waals surface area contributed by atoms with Gasteiger partial charge in [0.1, 0.15) is 5.75 Å². The molecule has 0 aromatic heterocycles. The molecule has 5 rings (SSSR count). The Bertz CT molecular complexity index is 943. The predicted octanol–water partition coefficient (Wildman–Crippen LogP) is 3.29. The maximum absolute atomic E-state index is 11.6. The third kappa shape index (κ3) is 6.77. The summed E-state index contributed by atoms with van der Waals surface area (Å²) < 4.78 is 66.9. The molecule has 0 saturated carbocycles. The van der Waals surface area contributed by atoms with E-state index in [0.717, 1.165) is 0 Å². The van der Waals surface area contributed by atoms with Gasteiger partial charge >= 0.3 is 41.9 Å². The van der Waals surface area contributed by atoms with Gasteiger partial charge in [0.05, 0.1) is 24.9 Å². The summed E-state index contributed by atoms with van der Waals surface area (Å²) in [6.07, 6.45) is 0.0237. The molecule has 2 atom stereocenters. The smallest absolute Gasteiger partial charge is 0.494 e. The standard InChI is InChI=1S/C21H36O12Si4/c1-16(2)25-35-28-34(15-9-14-24-19-12-10-18(11-13-19)20(22)23-8)29-36(31-35,26-17(3)4)33-37(30-34,32-35)27-21(5,6)7/h10-13,16-17H,9,14-15H2,1-8H3. The third-order valence-electron chi connectivity index (χ3n) is 4.95. The lowest BCUT2D eigenvalue weighted by Crippen LogP contribution is -2.91. The van der Waals surface area contributed by atoms with Crippen molar-refractivity contribution in [2.45, 2.75) is 78.7 Å². The molecule has 0 spiro atoms. The van der Waals surface area contributed by atoms with Gasteiger partial charge in [0.2, 0.25) is 0 Å². The molecular weight excluding hydrogens is 557 g/mol. The molecule has 0 aliphatic carbocycles. The van der Waals surface area contributed by atoms with Crippen molar-refractivity contribution >= 4 is 41.9 Å². The summed E-state index contributed by atoms with van der Waals surface area (Å²) in [6, 6.07) is 7.10. The molecule has 4 saturated heterocycles. The van der Waals surface area contributed by atoms with E-state index in [1.807, 2.05) is 48.5 Å². The molecule has 1 aromatic rings. The Labute approximate surface area is 222 Å². The van der Waals surface area contributed by atoms with E-state index in [4.69, 9.17) is 47.4 Å². The Kier molecular flexibility index (Phi) is 8.25. The van der Waals surface area contributed by atoms with Crippen LogP contribution in [0.3, 0.4) is 0 Å². The lowest BCUT2D eigenvalue weighted by Gasteiger charge is -2.60. The number of ether oxygens (including phenoxy) is 2. The monoisotopic (exact) mass is 592 g/mol. The molecule has 37 heavy (non-hydrogen) atoms. The predicted molar refractivity (Wildman–Crippen MR) is 136 cm³/mol. The first-order chi connectivity index (χ1) is 17.2. The van der Waals surface area contributed by atoms with Gasteiger partial charge in [-0.05, 0) is 79.2 Å². The number of rotatable bonds is 11. The summed E-state index contributed by atoms with van der Waals surface area (Å²) in [4.78, 5) is 11.6. The van der Waals surface area contributed by atoms with Crippen molar-refractivity contribution in [3.63, 3.8) is 0 Å². The van der Waals surface area contributed by atoms with Crippen molar-refractivity contribution in [2.24, 2.45) is 0 Å². The van der Waals surface area contributed by atoms with E-state index in [-0.39, 0.29) is 12.2 Å². The van der Waals surface area contributed by atoms with Gasteiger partial charge in [-0.15, -0.1) is 0 Å². The number of esters is 1. The van der Waals surface area contributed by atoms with Crippen molar-refractivity contribution in [3.8, 4) is 5.75 Å². The highest BCUT2D eigenvalue weighted by molar-refractivity contribution is 6.98. The maximum Gasteiger partial charge on any atom is 0.661 e. The van der Waals surface area contributed by atoms with Crippen LogP contribution >= 0.6 is 0 Å². The normalized spacial score (nSPS) is 32.8. The van der Waals surface area contributed by atoms with Crippen LogP contribution < -0.4 is 4.74 Å². The topological polar surface area (TPSA) is 119 Å². The van der Waals surface area contributed by atoms with Gasteiger partial charge in [-0.2, -0.15) is 0 Å². The number of carbonyl (C=O) groups is 1. The molecule has 2 unspecified atom stereocenters. The molecule has 16 heteroatoms. The van der Waals surface area contributed by atoms with Crippen LogP contribution in [0.2, 0.25) is 6.04 Å². The Morgan fingerprint density at radius 3 is 1.84 bits per heavy atom. The molecule has 4 aliphatic rings. The van der Waals surface area contributed by atoms with E-state index in [1.165, 1.54) is 7.11 Å². The first kappa shape index (κ1) is 29.0. The molecule has 0 amide bonds. The summed E-state index contributed by atoms with van der Waals surface area (Å²) in [6.45, 7) is 13.5. The largest absolute Gasteiger partial charge is 0.661 e. The first-order valence-electron chi connectivity index (χ1n) is 12.3. The fourth-order valence-electron chi connectivity index (χ4n) is 3.88. The first-order valence-corrected chi connectivity index (χ1v) is 19.1. The molecule has 4 heterocycles. The summed E-state index contributed by atoms with van der Waals surface area (Å²) in [7, 11) is -13.5. The van der Waals surface area contributed by atoms with Crippen LogP contribution in [0.4, 0.5) is 0 Å². The van der Waals surface area contributed by atoms with Crippen molar-refractivity contribution in [1.29, 1.82) is 0 Å². The molecule has 208 valence electrons. The third-order valence-corrected chi connectivity index (χ3v) is 21.0. The van der Waals surface area contributed by atoms with Gasteiger partial charge in [-0.3, -0.25) is 0 Å². The number of carbonyl (C=O) groups excluding carboxylic acids is 1. The fourth-order valence-corrected chi connectivity index (χ4v) is 24.0. The minimum absolute atomic E-state index is 0.254. The quantitative estimate of drug-likeness (QED) is 0.213. The second kappa shape index (κ2) is 10.5. The summed E-state index contributed by atoms with van der Waals surface area (Å²) in [5.41, 5.74) is -0.200. The molecular formula is C21H36O12Si4. The zero-order valence-electron chi connectivity index (χ0n) is 22.5. The highest BCUT2D eigenvalue weighted by Crippen LogP contribution is 2.51. The van der Waals surface area contributed by atoms with Crippen molar-refractivity contribution in [1.82, 2.24) is 0 Å². The molecule has 4 aliphatic heterocycles. The van der Waals surface area contributed by atoms with Gasteiger partial charge < -0.3 is 47.4 Å². The van der Waals surface area contributed by atoms with E-state index >= 15 is 0 Å². The molecule has 4 bridgehead atoms. The summed E-state index contributed by atoms with van der Waals surface area (Å²) in [5, 5.41) is 0. The van der Waals surface area contributed by atoms with E-state index in [9.17, 15) is 4.79 Å².